The minimum absolute atomic E-state index is 0.213. The van der Waals surface area contributed by atoms with Gasteiger partial charge in [0.25, 0.3) is 5.91 Å². The van der Waals surface area contributed by atoms with Gasteiger partial charge < -0.3 is 20.6 Å². The Morgan fingerprint density at radius 3 is 2.65 bits per heavy atom. The zero-order valence-electron chi connectivity index (χ0n) is 9.26. The van der Waals surface area contributed by atoms with E-state index < -0.39 is 6.10 Å². The van der Waals surface area contributed by atoms with Crippen LogP contribution < -0.4 is 5.32 Å². The predicted molar refractivity (Wildman–Crippen MR) is 60.8 cm³/mol. The van der Waals surface area contributed by atoms with E-state index in [1.165, 1.54) is 18.2 Å². The van der Waals surface area contributed by atoms with Crippen LogP contribution in [0.25, 0.3) is 0 Å². The highest BCUT2D eigenvalue weighted by atomic mass is 16.3. The molecule has 1 atom stereocenters. The van der Waals surface area contributed by atoms with Crippen LogP contribution >= 0.6 is 0 Å². The van der Waals surface area contributed by atoms with Crippen molar-refractivity contribution in [2.24, 2.45) is 5.92 Å². The minimum Gasteiger partial charge on any atom is -0.504 e. The van der Waals surface area contributed by atoms with Crippen molar-refractivity contribution in [2.45, 2.75) is 18.9 Å². The number of aliphatic hydroxyl groups is 1. The number of rotatable bonds is 4. The number of hydrogen-bond acceptors (Lipinski definition) is 4. The zero-order valence-corrected chi connectivity index (χ0v) is 9.26. The van der Waals surface area contributed by atoms with Crippen LogP contribution in [-0.4, -0.2) is 33.9 Å². The van der Waals surface area contributed by atoms with Crippen molar-refractivity contribution in [2.75, 3.05) is 6.54 Å². The summed E-state index contributed by atoms with van der Waals surface area (Å²) >= 11 is 0. The van der Waals surface area contributed by atoms with E-state index in [1.807, 2.05) is 0 Å². The number of amides is 1. The van der Waals surface area contributed by atoms with Gasteiger partial charge in [-0.2, -0.15) is 0 Å². The third-order valence-electron chi connectivity index (χ3n) is 2.88. The van der Waals surface area contributed by atoms with Crippen molar-refractivity contribution in [1.82, 2.24) is 5.32 Å². The van der Waals surface area contributed by atoms with Gasteiger partial charge in [-0.15, -0.1) is 0 Å². The molecule has 92 valence electrons. The Kier molecular flexibility index (Phi) is 3.19. The lowest BCUT2D eigenvalue weighted by molar-refractivity contribution is 0.0901. The first-order chi connectivity index (χ1) is 8.08. The lowest BCUT2D eigenvalue weighted by atomic mass is 10.1. The molecule has 0 radical (unpaired) electrons. The Morgan fingerprint density at radius 2 is 2.06 bits per heavy atom. The molecule has 5 heteroatoms. The number of aliphatic hydroxyl groups excluding tert-OH is 1. The molecule has 1 saturated carbocycles. The molecule has 1 aromatic rings. The van der Waals surface area contributed by atoms with Crippen LogP contribution in [0, 0.1) is 5.92 Å². The van der Waals surface area contributed by atoms with E-state index in [4.69, 9.17) is 5.11 Å². The molecule has 1 aromatic carbocycles. The standard InChI is InChI=1S/C12H15NO4/c14-9-4-3-8(5-10(9)15)12(17)13-6-11(16)7-1-2-7/h3-5,7,11,14-16H,1-2,6H2,(H,13,17). The zero-order chi connectivity index (χ0) is 12.4. The molecule has 1 aliphatic carbocycles. The Hall–Kier alpha value is -1.75. The van der Waals surface area contributed by atoms with E-state index in [1.54, 1.807) is 0 Å². The molecule has 5 nitrogen and oxygen atoms in total. The average molecular weight is 237 g/mol. The smallest absolute Gasteiger partial charge is 0.251 e. The topological polar surface area (TPSA) is 89.8 Å². The van der Waals surface area contributed by atoms with Crippen LogP contribution in [-0.2, 0) is 0 Å². The van der Waals surface area contributed by atoms with E-state index in [9.17, 15) is 15.0 Å². The van der Waals surface area contributed by atoms with Gasteiger partial charge in [0.15, 0.2) is 11.5 Å². The summed E-state index contributed by atoms with van der Waals surface area (Å²) in [5.74, 6) is -0.663. The third-order valence-corrected chi connectivity index (χ3v) is 2.88. The van der Waals surface area contributed by atoms with Gasteiger partial charge in [-0.25, -0.2) is 0 Å². The van der Waals surface area contributed by atoms with Gasteiger partial charge in [0.05, 0.1) is 6.10 Å². The quantitative estimate of drug-likeness (QED) is 0.577. The van der Waals surface area contributed by atoms with Gasteiger partial charge in [-0.1, -0.05) is 0 Å². The maximum Gasteiger partial charge on any atom is 0.251 e. The summed E-state index contributed by atoms with van der Waals surface area (Å²) in [5, 5.41) is 30.5. The normalized spacial score (nSPS) is 16.5. The third kappa shape index (κ3) is 2.88. The second-order valence-electron chi connectivity index (χ2n) is 4.32. The van der Waals surface area contributed by atoms with Crippen LogP contribution in [0.1, 0.15) is 23.2 Å². The number of phenols is 2. The fraction of sp³-hybridized carbons (Fsp3) is 0.417. The molecule has 0 aromatic heterocycles. The first-order valence-corrected chi connectivity index (χ1v) is 5.56. The summed E-state index contributed by atoms with van der Waals surface area (Å²) in [5.41, 5.74) is 0.253. The SMILES string of the molecule is O=C(NCC(O)C1CC1)c1ccc(O)c(O)c1. The summed E-state index contributed by atoms with van der Waals surface area (Å²) in [4.78, 5) is 11.6. The van der Waals surface area contributed by atoms with Crippen LogP contribution in [0.5, 0.6) is 11.5 Å². The van der Waals surface area contributed by atoms with Gasteiger partial charge in [0, 0.05) is 12.1 Å². The second-order valence-corrected chi connectivity index (χ2v) is 4.32. The monoisotopic (exact) mass is 237 g/mol. The molecule has 0 saturated heterocycles. The first kappa shape index (κ1) is 11.7. The second kappa shape index (κ2) is 4.63. The molecule has 1 amide bonds. The fourth-order valence-electron chi connectivity index (χ4n) is 1.61. The molecule has 1 unspecified atom stereocenters. The lowest BCUT2D eigenvalue weighted by Crippen LogP contribution is -2.33. The number of phenolic OH excluding ortho intramolecular Hbond substituents is 2. The molecule has 17 heavy (non-hydrogen) atoms. The number of benzene rings is 1. The number of nitrogens with one attached hydrogen (secondary N) is 1. The molecular formula is C12H15NO4. The molecule has 0 heterocycles. The summed E-state index contributed by atoms with van der Waals surface area (Å²) < 4.78 is 0. The van der Waals surface area contributed by atoms with Gasteiger partial charge in [-0.3, -0.25) is 4.79 Å². The van der Waals surface area contributed by atoms with Gasteiger partial charge in [0.2, 0.25) is 0 Å². The van der Waals surface area contributed by atoms with E-state index in [0.717, 1.165) is 12.8 Å². The van der Waals surface area contributed by atoms with Crippen molar-refractivity contribution in [3.05, 3.63) is 23.8 Å². The molecule has 1 fully saturated rings. The molecule has 2 rings (SSSR count). The van der Waals surface area contributed by atoms with Crippen LogP contribution in [0.3, 0.4) is 0 Å². The summed E-state index contributed by atoms with van der Waals surface area (Å²) in [7, 11) is 0. The molecule has 0 bridgehead atoms. The highest BCUT2D eigenvalue weighted by Gasteiger charge is 2.29. The van der Waals surface area contributed by atoms with Gasteiger partial charge in [-0.05, 0) is 37.0 Å². The number of carbonyl (C=O) groups excluding carboxylic acids is 1. The summed E-state index contributed by atoms with van der Waals surface area (Å²) in [6, 6.07) is 3.85. The van der Waals surface area contributed by atoms with Crippen molar-refractivity contribution in [3.8, 4) is 11.5 Å². The van der Waals surface area contributed by atoms with Crippen LogP contribution in [0.2, 0.25) is 0 Å². The van der Waals surface area contributed by atoms with Gasteiger partial charge >= 0.3 is 0 Å². The van der Waals surface area contributed by atoms with E-state index >= 15 is 0 Å². The molecule has 0 aliphatic heterocycles. The Morgan fingerprint density at radius 1 is 1.35 bits per heavy atom. The first-order valence-electron chi connectivity index (χ1n) is 5.56. The van der Waals surface area contributed by atoms with Crippen LogP contribution in [0.15, 0.2) is 18.2 Å². The van der Waals surface area contributed by atoms with E-state index in [2.05, 4.69) is 5.32 Å². The maximum absolute atomic E-state index is 11.6. The summed E-state index contributed by atoms with van der Waals surface area (Å²) in [6.45, 7) is 0.213. The van der Waals surface area contributed by atoms with Gasteiger partial charge in [0.1, 0.15) is 0 Å². The molecule has 4 N–H and O–H groups in total. The number of carbonyl (C=O) groups is 1. The molecule has 0 spiro atoms. The van der Waals surface area contributed by atoms with Crippen molar-refractivity contribution in [3.63, 3.8) is 0 Å². The average Bonchev–Trinajstić information content (AvgIpc) is 3.13. The Labute approximate surface area is 98.7 Å². The minimum atomic E-state index is -0.496. The van der Waals surface area contributed by atoms with Crippen molar-refractivity contribution >= 4 is 5.91 Å². The van der Waals surface area contributed by atoms with Crippen molar-refractivity contribution < 1.29 is 20.1 Å². The van der Waals surface area contributed by atoms with Crippen molar-refractivity contribution in [1.29, 1.82) is 0 Å². The fourth-order valence-corrected chi connectivity index (χ4v) is 1.61. The highest BCUT2D eigenvalue weighted by Crippen LogP contribution is 2.32. The number of aromatic hydroxyl groups is 2. The Bertz CT molecular complexity index is 429. The van der Waals surface area contributed by atoms with E-state index in [-0.39, 0.29) is 29.5 Å². The Balaban J connectivity index is 1.92. The maximum atomic E-state index is 11.6. The lowest BCUT2D eigenvalue weighted by Gasteiger charge is -2.10. The highest BCUT2D eigenvalue weighted by molar-refractivity contribution is 5.94. The van der Waals surface area contributed by atoms with E-state index in [0.29, 0.717) is 5.92 Å². The van der Waals surface area contributed by atoms with Crippen LogP contribution in [0.4, 0.5) is 0 Å². The molecular weight excluding hydrogens is 222 g/mol. The largest absolute Gasteiger partial charge is 0.504 e. The number of hydrogen-bond donors (Lipinski definition) is 4. The summed E-state index contributed by atoms with van der Waals surface area (Å²) in [6.07, 6.45) is 1.53. The molecule has 1 aliphatic rings. The predicted octanol–water partition coefficient (Wildman–Crippen LogP) is 0.598.